The van der Waals surface area contributed by atoms with Crippen molar-refractivity contribution in [3.8, 4) is 11.8 Å². The summed E-state index contributed by atoms with van der Waals surface area (Å²) in [6, 6.07) is 15.6. The minimum absolute atomic E-state index is 0.655. The van der Waals surface area contributed by atoms with Crippen LogP contribution < -0.4 is 0 Å². The Morgan fingerprint density at radius 2 is 1.82 bits per heavy atom. The number of nitrogens with zero attached hydrogens (tertiary/aromatic N) is 2. The number of rotatable bonds is 2. The summed E-state index contributed by atoms with van der Waals surface area (Å²) >= 11 is 12.2. The minimum Gasteiger partial charge on any atom is -0.262 e. The second-order valence-electron chi connectivity index (χ2n) is 6.45. The molecule has 0 unspecified atom stereocenters. The predicted octanol–water partition coefficient (Wildman–Crippen LogP) is 6.74. The molecule has 0 N–H and O–H groups in total. The van der Waals surface area contributed by atoms with E-state index in [1.165, 1.54) is 5.56 Å². The van der Waals surface area contributed by atoms with Gasteiger partial charge in [0.1, 0.15) is 0 Å². The highest BCUT2D eigenvalue weighted by atomic mass is 35.5. The molecule has 140 valence electrons. The maximum atomic E-state index is 6.26. The van der Waals surface area contributed by atoms with Gasteiger partial charge in [0.15, 0.2) is 0 Å². The molecule has 2 heterocycles. The van der Waals surface area contributed by atoms with Gasteiger partial charge in [0.05, 0.1) is 11.3 Å². The highest BCUT2D eigenvalue weighted by Crippen LogP contribution is 2.30. The van der Waals surface area contributed by atoms with Gasteiger partial charge in [0.25, 0.3) is 0 Å². The molecule has 0 saturated heterocycles. The Morgan fingerprint density at radius 1 is 1.00 bits per heavy atom. The van der Waals surface area contributed by atoms with Crippen LogP contribution in [0.1, 0.15) is 34.4 Å². The number of hydrogen-bond donors (Lipinski definition) is 0. The molecule has 2 nitrogen and oxygen atoms in total. The van der Waals surface area contributed by atoms with Crippen molar-refractivity contribution in [2.24, 2.45) is 4.99 Å². The summed E-state index contributed by atoms with van der Waals surface area (Å²) in [6.07, 6.45) is 5.12. The topological polar surface area (TPSA) is 25.2 Å². The van der Waals surface area contributed by atoms with E-state index in [0.29, 0.717) is 16.5 Å². The molecule has 0 amide bonds. The Balaban J connectivity index is 0.000000271. The lowest BCUT2D eigenvalue weighted by atomic mass is 9.96. The smallest absolute Gasteiger partial charge is 0.0814 e. The number of benzene rings is 2. The minimum atomic E-state index is 0.655. The van der Waals surface area contributed by atoms with Crippen molar-refractivity contribution in [2.45, 2.75) is 26.7 Å². The van der Waals surface area contributed by atoms with Crippen molar-refractivity contribution in [3.05, 3.63) is 92.7 Å². The van der Waals surface area contributed by atoms with Gasteiger partial charge in [-0.25, -0.2) is 0 Å². The number of halogens is 2. The Kier molecular flexibility index (Phi) is 6.87. The molecule has 0 spiro atoms. The quantitative estimate of drug-likeness (QED) is 0.432. The predicted molar refractivity (Wildman–Crippen MR) is 119 cm³/mol. The van der Waals surface area contributed by atoms with Crippen molar-refractivity contribution in [1.29, 1.82) is 0 Å². The van der Waals surface area contributed by atoms with Crippen molar-refractivity contribution in [1.82, 2.24) is 4.98 Å². The fraction of sp³-hybridized carbons (Fsp3) is 0.167. The van der Waals surface area contributed by atoms with Gasteiger partial charge >= 0.3 is 0 Å². The average Bonchev–Trinajstić information content (AvgIpc) is 2.93. The summed E-state index contributed by atoms with van der Waals surface area (Å²) in [5.74, 6) is 6.24. The van der Waals surface area contributed by atoms with E-state index in [1.807, 2.05) is 49.5 Å². The van der Waals surface area contributed by atoms with E-state index < -0.39 is 0 Å². The van der Waals surface area contributed by atoms with Crippen molar-refractivity contribution < 1.29 is 0 Å². The van der Waals surface area contributed by atoms with Gasteiger partial charge in [-0.15, -0.1) is 0 Å². The third-order valence-corrected chi connectivity index (χ3v) is 4.98. The molecule has 4 rings (SSSR count). The number of pyridine rings is 1. The van der Waals surface area contributed by atoms with Gasteiger partial charge in [0, 0.05) is 34.6 Å². The van der Waals surface area contributed by atoms with Crippen LogP contribution in [-0.2, 0) is 6.42 Å². The maximum absolute atomic E-state index is 6.26. The normalized spacial score (nSPS) is 11.4. The summed E-state index contributed by atoms with van der Waals surface area (Å²) in [6.45, 7) is 4.06. The molecule has 0 fully saturated rings. The fourth-order valence-electron chi connectivity index (χ4n) is 2.85. The first kappa shape index (κ1) is 20.1. The third kappa shape index (κ3) is 5.23. The van der Waals surface area contributed by atoms with E-state index in [-0.39, 0.29) is 0 Å². The molecule has 1 aromatic heterocycles. The van der Waals surface area contributed by atoms with E-state index in [9.17, 15) is 0 Å². The molecule has 0 bridgehead atoms. The summed E-state index contributed by atoms with van der Waals surface area (Å²) in [5.41, 5.74) is 6.47. The first-order valence-electron chi connectivity index (χ1n) is 9.00. The van der Waals surface area contributed by atoms with Gasteiger partial charge in [-0.3, -0.25) is 9.98 Å². The van der Waals surface area contributed by atoms with Gasteiger partial charge < -0.3 is 0 Å². The Hall–Kier alpha value is -2.60. The lowest BCUT2D eigenvalue weighted by Gasteiger charge is -2.11. The van der Waals surface area contributed by atoms with E-state index >= 15 is 0 Å². The third-order valence-electron chi connectivity index (χ3n) is 4.39. The highest BCUT2D eigenvalue weighted by Gasteiger charge is 2.11. The standard InChI is InChI=1S/C18H13Cl2N.C6H7N/c1-12-14(10-15-7-8-16(19)11-17(15)20)6-5-13-4-2-3-9-21-18(12)13;1-6-4-2-3-5-7-6/h5-9,11H,3,10H2,1H3;2-5H,1H3. The van der Waals surface area contributed by atoms with Crippen molar-refractivity contribution in [2.75, 3.05) is 0 Å². The van der Waals surface area contributed by atoms with Crippen LogP contribution in [0.25, 0.3) is 0 Å². The van der Waals surface area contributed by atoms with Crippen LogP contribution in [0.4, 0.5) is 5.69 Å². The number of aliphatic imine (C=N–C) groups is 1. The number of hydrogen-bond acceptors (Lipinski definition) is 2. The maximum Gasteiger partial charge on any atom is 0.0814 e. The molecule has 0 radical (unpaired) electrons. The molecular formula is C24H20Cl2N2. The largest absolute Gasteiger partial charge is 0.262 e. The summed E-state index contributed by atoms with van der Waals surface area (Å²) in [5, 5.41) is 1.35. The lowest BCUT2D eigenvalue weighted by Crippen LogP contribution is -1.95. The first-order chi connectivity index (χ1) is 13.5. The van der Waals surface area contributed by atoms with Crippen molar-refractivity contribution >= 4 is 35.1 Å². The van der Waals surface area contributed by atoms with Crippen molar-refractivity contribution in [3.63, 3.8) is 0 Å². The number of aryl methyl sites for hydroxylation is 1. The van der Waals surface area contributed by atoms with Crippen LogP contribution in [0.15, 0.2) is 59.7 Å². The molecule has 3 aromatic rings. The van der Waals surface area contributed by atoms with Crippen LogP contribution >= 0.6 is 23.2 Å². The zero-order valence-corrected chi connectivity index (χ0v) is 17.3. The fourth-order valence-corrected chi connectivity index (χ4v) is 3.32. The average molecular weight is 407 g/mol. The lowest BCUT2D eigenvalue weighted by molar-refractivity contribution is 1.15. The van der Waals surface area contributed by atoms with Crippen LogP contribution in [-0.4, -0.2) is 11.2 Å². The monoisotopic (exact) mass is 406 g/mol. The molecule has 0 atom stereocenters. The number of aromatic nitrogens is 1. The highest BCUT2D eigenvalue weighted by molar-refractivity contribution is 6.35. The van der Waals surface area contributed by atoms with E-state index in [4.69, 9.17) is 23.2 Å². The van der Waals surface area contributed by atoms with Gasteiger partial charge in [-0.1, -0.05) is 53.2 Å². The SMILES string of the molecule is Cc1c(Cc2ccc(Cl)cc2Cl)ccc2c1N=CCC#C2.Cc1ccccn1. The zero-order chi connectivity index (χ0) is 19.9. The zero-order valence-electron chi connectivity index (χ0n) is 15.8. The van der Waals surface area contributed by atoms with Gasteiger partial charge in [0.2, 0.25) is 0 Å². The van der Waals surface area contributed by atoms with Crippen LogP contribution in [0.2, 0.25) is 10.0 Å². The molecule has 28 heavy (non-hydrogen) atoms. The number of fused-ring (bicyclic) bond motifs is 1. The van der Waals surface area contributed by atoms with E-state index in [0.717, 1.165) is 34.5 Å². The Morgan fingerprint density at radius 3 is 2.50 bits per heavy atom. The molecule has 1 aliphatic rings. The summed E-state index contributed by atoms with van der Waals surface area (Å²) < 4.78 is 0. The summed E-state index contributed by atoms with van der Waals surface area (Å²) in [7, 11) is 0. The Labute approximate surface area is 176 Å². The molecule has 2 aromatic carbocycles. The first-order valence-corrected chi connectivity index (χ1v) is 9.75. The van der Waals surface area contributed by atoms with E-state index in [1.54, 1.807) is 12.3 Å². The molecule has 0 aliphatic carbocycles. The van der Waals surface area contributed by atoms with Gasteiger partial charge in [-0.05, 0) is 67.3 Å². The Bertz CT molecular complexity index is 1060. The van der Waals surface area contributed by atoms with Crippen LogP contribution in [0.3, 0.4) is 0 Å². The van der Waals surface area contributed by atoms with E-state index in [2.05, 4.69) is 34.8 Å². The molecular weight excluding hydrogens is 387 g/mol. The second-order valence-corrected chi connectivity index (χ2v) is 7.29. The molecule has 0 saturated carbocycles. The molecule has 1 aliphatic heterocycles. The van der Waals surface area contributed by atoms with Crippen LogP contribution in [0.5, 0.6) is 0 Å². The molecule has 4 heteroatoms. The van der Waals surface area contributed by atoms with Crippen LogP contribution in [0, 0.1) is 25.7 Å². The second kappa shape index (κ2) is 9.55. The summed E-state index contributed by atoms with van der Waals surface area (Å²) in [4.78, 5) is 8.50. The van der Waals surface area contributed by atoms with Gasteiger partial charge in [-0.2, -0.15) is 0 Å².